The van der Waals surface area contributed by atoms with Crippen molar-refractivity contribution in [3.05, 3.63) is 57.0 Å². The van der Waals surface area contributed by atoms with Crippen LogP contribution < -0.4 is 5.32 Å². The first-order valence-electron chi connectivity index (χ1n) is 8.87. The molecule has 3 rings (SSSR count). The van der Waals surface area contributed by atoms with Crippen LogP contribution in [-0.2, 0) is 28.8 Å². The lowest BCUT2D eigenvalue weighted by Crippen LogP contribution is -2.36. The summed E-state index contributed by atoms with van der Waals surface area (Å²) >= 11 is 1.48. The summed E-state index contributed by atoms with van der Waals surface area (Å²) in [5.74, 6) is -1.05. The number of rotatable bonds is 6. The van der Waals surface area contributed by atoms with Crippen molar-refractivity contribution in [3.63, 3.8) is 0 Å². The van der Waals surface area contributed by atoms with E-state index in [-0.39, 0.29) is 11.7 Å². The molecule has 0 aliphatic heterocycles. The minimum Gasteiger partial charge on any atom is -0.448 e. The van der Waals surface area contributed by atoms with Gasteiger partial charge in [-0.15, -0.1) is 11.3 Å². The molecule has 138 valence electrons. The normalized spacial score (nSPS) is 14.4. The van der Waals surface area contributed by atoms with Gasteiger partial charge in [-0.3, -0.25) is 4.79 Å². The van der Waals surface area contributed by atoms with Gasteiger partial charge in [-0.05, 0) is 68.4 Å². The molecular weight excluding hydrogens is 353 g/mol. The summed E-state index contributed by atoms with van der Waals surface area (Å²) in [7, 11) is 0. The van der Waals surface area contributed by atoms with E-state index >= 15 is 0 Å². The molecule has 6 heteroatoms. The molecule has 0 bridgehead atoms. The molecule has 0 spiro atoms. The maximum atomic E-state index is 12.9. The van der Waals surface area contributed by atoms with Gasteiger partial charge < -0.3 is 10.1 Å². The van der Waals surface area contributed by atoms with E-state index in [0.29, 0.717) is 17.8 Å². The number of thiophene rings is 1. The van der Waals surface area contributed by atoms with Crippen molar-refractivity contribution in [3.8, 4) is 0 Å². The first-order chi connectivity index (χ1) is 12.5. The molecular formula is C20H22FNO3S. The van der Waals surface area contributed by atoms with Gasteiger partial charge in [0.1, 0.15) is 10.7 Å². The van der Waals surface area contributed by atoms with E-state index in [0.717, 1.165) is 31.2 Å². The molecule has 2 aromatic rings. The number of halogens is 1. The summed E-state index contributed by atoms with van der Waals surface area (Å²) in [6.45, 7) is 1.97. The third-order valence-corrected chi connectivity index (χ3v) is 5.69. The Labute approximate surface area is 156 Å². The van der Waals surface area contributed by atoms with Gasteiger partial charge in [0, 0.05) is 11.4 Å². The lowest BCUT2D eigenvalue weighted by atomic mass is 9.99. The maximum absolute atomic E-state index is 12.9. The molecule has 0 saturated heterocycles. The third kappa shape index (κ3) is 4.69. The van der Waals surface area contributed by atoms with Crippen molar-refractivity contribution in [2.24, 2.45) is 0 Å². The lowest BCUT2D eigenvalue weighted by Gasteiger charge is -2.13. The topological polar surface area (TPSA) is 55.4 Å². The maximum Gasteiger partial charge on any atom is 0.349 e. The fourth-order valence-corrected chi connectivity index (χ4v) is 4.12. The van der Waals surface area contributed by atoms with Gasteiger partial charge in [-0.2, -0.15) is 0 Å². The summed E-state index contributed by atoms with van der Waals surface area (Å²) in [6, 6.07) is 8.05. The first-order valence-corrected chi connectivity index (χ1v) is 9.69. The molecule has 1 atom stereocenters. The van der Waals surface area contributed by atoms with Gasteiger partial charge in [0.15, 0.2) is 6.10 Å². The number of nitrogens with one attached hydrogen (secondary N) is 1. The predicted octanol–water partition coefficient (Wildman–Crippen LogP) is 3.67. The molecule has 1 aromatic carbocycles. The van der Waals surface area contributed by atoms with Crippen LogP contribution in [0.3, 0.4) is 0 Å². The van der Waals surface area contributed by atoms with Crippen LogP contribution in [0.15, 0.2) is 30.3 Å². The van der Waals surface area contributed by atoms with Crippen LogP contribution in [0.5, 0.6) is 0 Å². The zero-order chi connectivity index (χ0) is 18.5. The summed E-state index contributed by atoms with van der Waals surface area (Å²) in [5.41, 5.74) is 2.17. The van der Waals surface area contributed by atoms with E-state index in [9.17, 15) is 14.0 Å². The average Bonchev–Trinajstić information content (AvgIpc) is 3.07. The zero-order valence-corrected chi connectivity index (χ0v) is 15.5. The monoisotopic (exact) mass is 375 g/mol. The summed E-state index contributed by atoms with van der Waals surface area (Å²) in [4.78, 5) is 26.2. The van der Waals surface area contributed by atoms with Gasteiger partial charge in [-0.1, -0.05) is 12.1 Å². The highest BCUT2D eigenvalue weighted by atomic mass is 32.1. The molecule has 0 radical (unpaired) electrons. The van der Waals surface area contributed by atoms with E-state index in [1.807, 2.05) is 6.07 Å². The molecule has 0 saturated carbocycles. The Kier molecular flexibility index (Phi) is 6.04. The fourth-order valence-electron chi connectivity index (χ4n) is 2.99. The molecule has 0 fully saturated rings. The van der Waals surface area contributed by atoms with Crippen LogP contribution in [0.25, 0.3) is 0 Å². The van der Waals surface area contributed by atoms with E-state index in [1.165, 1.54) is 33.9 Å². The molecule has 1 aliphatic rings. The molecule has 1 aliphatic carbocycles. The number of carbonyl (C=O) groups is 2. The quantitative estimate of drug-likeness (QED) is 0.784. The first kappa shape index (κ1) is 18.6. The second-order valence-electron chi connectivity index (χ2n) is 6.48. The number of benzene rings is 1. The number of amides is 1. The molecule has 4 nitrogen and oxygen atoms in total. The van der Waals surface area contributed by atoms with Crippen molar-refractivity contribution >= 4 is 23.2 Å². The van der Waals surface area contributed by atoms with Crippen LogP contribution in [0, 0.1) is 5.82 Å². The molecule has 1 heterocycles. The Balaban J connectivity index is 1.46. The summed E-state index contributed by atoms with van der Waals surface area (Å²) < 4.78 is 18.2. The smallest absolute Gasteiger partial charge is 0.349 e. The Morgan fingerprint density at radius 2 is 1.96 bits per heavy atom. The Morgan fingerprint density at radius 3 is 2.69 bits per heavy atom. The molecule has 1 amide bonds. The molecule has 1 N–H and O–H groups in total. The minimum atomic E-state index is -0.852. The molecule has 26 heavy (non-hydrogen) atoms. The van der Waals surface area contributed by atoms with E-state index in [2.05, 4.69) is 5.32 Å². The van der Waals surface area contributed by atoms with Crippen LogP contribution in [-0.4, -0.2) is 24.5 Å². The number of aryl methyl sites for hydroxylation is 2. The Bertz CT molecular complexity index is 761. The summed E-state index contributed by atoms with van der Waals surface area (Å²) in [6.07, 6.45) is 4.09. The highest BCUT2D eigenvalue weighted by Gasteiger charge is 2.22. The van der Waals surface area contributed by atoms with Crippen LogP contribution in [0.2, 0.25) is 0 Å². The van der Waals surface area contributed by atoms with Crippen molar-refractivity contribution in [1.82, 2.24) is 5.32 Å². The van der Waals surface area contributed by atoms with Gasteiger partial charge in [0.05, 0.1) is 0 Å². The predicted molar refractivity (Wildman–Crippen MR) is 99.0 cm³/mol. The van der Waals surface area contributed by atoms with Gasteiger partial charge >= 0.3 is 5.97 Å². The highest BCUT2D eigenvalue weighted by molar-refractivity contribution is 7.14. The number of hydrogen-bond acceptors (Lipinski definition) is 4. The number of hydrogen-bond donors (Lipinski definition) is 1. The van der Waals surface area contributed by atoms with E-state index in [1.54, 1.807) is 19.1 Å². The van der Waals surface area contributed by atoms with E-state index < -0.39 is 12.1 Å². The van der Waals surface area contributed by atoms with Crippen molar-refractivity contribution < 1.29 is 18.7 Å². The van der Waals surface area contributed by atoms with Crippen LogP contribution in [0.1, 0.15) is 45.4 Å². The second-order valence-corrected chi connectivity index (χ2v) is 7.62. The second kappa shape index (κ2) is 8.45. The SMILES string of the molecule is C[C@@H](OC(=O)c1cc2c(s1)CCCC2)C(=O)NCCc1ccc(F)cc1. The molecule has 0 unspecified atom stereocenters. The Hall–Kier alpha value is -2.21. The Morgan fingerprint density at radius 1 is 1.23 bits per heavy atom. The van der Waals surface area contributed by atoms with Crippen LogP contribution in [0.4, 0.5) is 4.39 Å². The van der Waals surface area contributed by atoms with Gasteiger partial charge in [0.2, 0.25) is 0 Å². The van der Waals surface area contributed by atoms with E-state index in [4.69, 9.17) is 4.74 Å². The standard InChI is InChI=1S/C20H22FNO3S/c1-13(19(23)22-11-10-14-6-8-16(21)9-7-14)25-20(24)18-12-15-4-2-3-5-17(15)26-18/h6-9,12-13H,2-5,10-11H2,1H3,(H,22,23)/t13-/m1/s1. The minimum absolute atomic E-state index is 0.284. The zero-order valence-electron chi connectivity index (χ0n) is 14.7. The fraction of sp³-hybridized carbons (Fsp3) is 0.400. The number of carbonyl (C=O) groups excluding carboxylic acids is 2. The van der Waals surface area contributed by atoms with Crippen LogP contribution >= 0.6 is 11.3 Å². The van der Waals surface area contributed by atoms with Gasteiger partial charge in [0.25, 0.3) is 5.91 Å². The average molecular weight is 375 g/mol. The largest absolute Gasteiger partial charge is 0.448 e. The van der Waals surface area contributed by atoms with Gasteiger partial charge in [-0.25, -0.2) is 9.18 Å². The third-order valence-electron chi connectivity index (χ3n) is 4.48. The number of ether oxygens (including phenoxy) is 1. The number of esters is 1. The highest BCUT2D eigenvalue weighted by Crippen LogP contribution is 2.30. The lowest BCUT2D eigenvalue weighted by molar-refractivity contribution is -0.129. The number of fused-ring (bicyclic) bond motifs is 1. The summed E-state index contributed by atoms with van der Waals surface area (Å²) in [5, 5.41) is 2.74. The van der Waals surface area contributed by atoms with Crippen molar-refractivity contribution in [1.29, 1.82) is 0 Å². The van der Waals surface area contributed by atoms with Crippen molar-refractivity contribution in [2.75, 3.05) is 6.54 Å². The molecule has 1 aromatic heterocycles. The van der Waals surface area contributed by atoms with Crippen molar-refractivity contribution in [2.45, 2.75) is 45.1 Å².